The number of aliphatic hydroxyl groups excluding tert-OH is 1. The molecule has 0 saturated heterocycles. The zero-order valence-corrected chi connectivity index (χ0v) is 9.52. The number of aliphatic hydroxyl groups is 1. The maximum absolute atomic E-state index is 9.37. The summed E-state index contributed by atoms with van der Waals surface area (Å²) in [4.78, 5) is 0. The normalized spacial score (nSPS) is 10.9. The van der Waals surface area contributed by atoms with E-state index in [1.807, 2.05) is 0 Å². The molecule has 0 fully saturated rings. The third-order valence-electron chi connectivity index (χ3n) is 2.16. The smallest absolute Gasteiger partial charge is 0.130 e. The number of phenols is 1. The van der Waals surface area contributed by atoms with Gasteiger partial charge in [0.05, 0.1) is 13.2 Å². The van der Waals surface area contributed by atoms with E-state index in [4.69, 9.17) is 9.84 Å². The maximum Gasteiger partial charge on any atom is 0.130 e. The molecule has 0 atom stereocenters. The molecule has 1 aromatic carbocycles. The van der Waals surface area contributed by atoms with E-state index in [0.29, 0.717) is 12.4 Å². The SMILES string of the molecule is CCCCOc1cc(O)ccc1/C=C/CO. The summed E-state index contributed by atoms with van der Waals surface area (Å²) in [6.45, 7) is 2.73. The molecule has 3 heteroatoms. The quantitative estimate of drug-likeness (QED) is 0.727. The summed E-state index contributed by atoms with van der Waals surface area (Å²) in [5.41, 5.74) is 0.864. The van der Waals surface area contributed by atoms with Crippen LogP contribution in [0.3, 0.4) is 0 Å². The number of ether oxygens (including phenoxy) is 1. The van der Waals surface area contributed by atoms with Crippen molar-refractivity contribution in [1.29, 1.82) is 0 Å². The molecule has 16 heavy (non-hydrogen) atoms. The first kappa shape index (κ1) is 12.6. The first-order valence-corrected chi connectivity index (χ1v) is 5.51. The largest absolute Gasteiger partial charge is 0.508 e. The zero-order valence-electron chi connectivity index (χ0n) is 9.52. The maximum atomic E-state index is 9.37. The Labute approximate surface area is 96.0 Å². The second-order valence-corrected chi connectivity index (χ2v) is 3.51. The molecule has 2 N–H and O–H groups in total. The van der Waals surface area contributed by atoms with E-state index >= 15 is 0 Å². The van der Waals surface area contributed by atoms with Crippen LogP contribution in [0.1, 0.15) is 25.3 Å². The van der Waals surface area contributed by atoms with Crippen LogP contribution in [-0.2, 0) is 0 Å². The number of benzene rings is 1. The second-order valence-electron chi connectivity index (χ2n) is 3.51. The van der Waals surface area contributed by atoms with Crippen molar-refractivity contribution in [2.24, 2.45) is 0 Å². The van der Waals surface area contributed by atoms with Gasteiger partial charge in [0.15, 0.2) is 0 Å². The Bertz CT molecular complexity index is 345. The van der Waals surface area contributed by atoms with E-state index in [2.05, 4.69) is 6.92 Å². The molecule has 88 valence electrons. The minimum Gasteiger partial charge on any atom is -0.508 e. The zero-order chi connectivity index (χ0) is 11.8. The van der Waals surface area contributed by atoms with Crippen molar-refractivity contribution in [2.75, 3.05) is 13.2 Å². The number of unbranched alkanes of at least 4 members (excludes halogenated alkanes) is 1. The van der Waals surface area contributed by atoms with E-state index < -0.39 is 0 Å². The first-order valence-electron chi connectivity index (χ1n) is 5.51. The summed E-state index contributed by atoms with van der Waals surface area (Å²) in [6.07, 6.45) is 5.47. The molecule has 0 unspecified atom stereocenters. The Morgan fingerprint density at radius 3 is 2.88 bits per heavy atom. The number of hydrogen-bond acceptors (Lipinski definition) is 3. The molecule has 0 heterocycles. The highest BCUT2D eigenvalue weighted by atomic mass is 16.5. The van der Waals surface area contributed by atoms with Crippen molar-refractivity contribution in [3.8, 4) is 11.5 Å². The molecule has 0 bridgehead atoms. The van der Waals surface area contributed by atoms with Crippen LogP contribution in [0.4, 0.5) is 0 Å². The number of aromatic hydroxyl groups is 1. The van der Waals surface area contributed by atoms with Gasteiger partial charge in [-0.1, -0.05) is 25.5 Å². The van der Waals surface area contributed by atoms with Crippen LogP contribution in [0.15, 0.2) is 24.3 Å². The molecule has 0 amide bonds. The van der Waals surface area contributed by atoms with Gasteiger partial charge in [0.2, 0.25) is 0 Å². The van der Waals surface area contributed by atoms with E-state index in [0.717, 1.165) is 18.4 Å². The lowest BCUT2D eigenvalue weighted by atomic mass is 10.2. The van der Waals surface area contributed by atoms with E-state index in [1.54, 1.807) is 30.4 Å². The van der Waals surface area contributed by atoms with Gasteiger partial charge in [0.25, 0.3) is 0 Å². The summed E-state index contributed by atoms with van der Waals surface area (Å²) in [5.74, 6) is 0.839. The lowest BCUT2D eigenvalue weighted by Crippen LogP contribution is -1.98. The fourth-order valence-electron chi connectivity index (χ4n) is 1.29. The second kappa shape index (κ2) is 6.90. The van der Waals surface area contributed by atoms with Crippen LogP contribution in [0.5, 0.6) is 11.5 Å². The molecular weight excluding hydrogens is 204 g/mol. The highest BCUT2D eigenvalue weighted by molar-refractivity contribution is 5.59. The Morgan fingerprint density at radius 1 is 1.38 bits per heavy atom. The van der Waals surface area contributed by atoms with Crippen LogP contribution in [0, 0.1) is 0 Å². The van der Waals surface area contributed by atoms with Crippen molar-refractivity contribution >= 4 is 6.08 Å². The lowest BCUT2D eigenvalue weighted by molar-refractivity contribution is 0.307. The van der Waals surface area contributed by atoms with Crippen LogP contribution in [0.25, 0.3) is 6.08 Å². The molecule has 1 aromatic rings. The van der Waals surface area contributed by atoms with Crippen LogP contribution >= 0.6 is 0 Å². The van der Waals surface area contributed by atoms with Crippen molar-refractivity contribution in [2.45, 2.75) is 19.8 Å². The lowest BCUT2D eigenvalue weighted by Gasteiger charge is -2.09. The molecule has 0 aliphatic carbocycles. The first-order chi connectivity index (χ1) is 7.77. The minimum atomic E-state index is -0.00469. The highest BCUT2D eigenvalue weighted by Gasteiger charge is 2.02. The summed E-state index contributed by atoms with van der Waals surface area (Å²) in [5, 5.41) is 18.1. The third kappa shape index (κ3) is 3.95. The Kier molecular flexibility index (Phi) is 5.43. The van der Waals surface area contributed by atoms with Gasteiger partial charge in [-0.05, 0) is 18.6 Å². The number of phenolic OH excluding ortho intramolecular Hbond substituents is 1. The van der Waals surface area contributed by atoms with Crippen molar-refractivity contribution in [3.05, 3.63) is 29.8 Å². The summed E-state index contributed by atoms with van der Waals surface area (Å²) in [6, 6.07) is 4.96. The van der Waals surface area contributed by atoms with Crippen molar-refractivity contribution < 1.29 is 14.9 Å². The van der Waals surface area contributed by atoms with Gasteiger partial charge in [0.1, 0.15) is 11.5 Å². The summed E-state index contributed by atoms with van der Waals surface area (Å²) in [7, 11) is 0. The fraction of sp³-hybridized carbons (Fsp3) is 0.385. The average molecular weight is 222 g/mol. The Hall–Kier alpha value is -1.48. The Morgan fingerprint density at radius 2 is 2.19 bits per heavy atom. The topological polar surface area (TPSA) is 49.7 Å². The van der Waals surface area contributed by atoms with Gasteiger partial charge in [0, 0.05) is 11.6 Å². The number of hydrogen-bond donors (Lipinski definition) is 2. The molecule has 0 radical (unpaired) electrons. The predicted octanol–water partition coefficient (Wildman–Crippen LogP) is 2.58. The van der Waals surface area contributed by atoms with Gasteiger partial charge in [-0.3, -0.25) is 0 Å². The van der Waals surface area contributed by atoms with E-state index in [-0.39, 0.29) is 12.4 Å². The molecule has 0 saturated carbocycles. The molecule has 0 aliphatic rings. The Balaban J connectivity index is 2.77. The summed E-state index contributed by atoms with van der Waals surface area (Å²) < 4.78 is 5.56. The van der Waals surface area contributed by atoms with Gasteiger partial charge in [-0.25, -0.2) is 0 Å². The van der Waals surface area contributed by atoms with Crippen LogP contribution < -0.4 is 4.74 Å². The van der Waals surface area contributed by atoms with Gasteiger partial charge < -0.3 is 14.9 Å². The molecule has 3 nitrogen and oxygen atoms in total. The van der Waals surface area contributed by atoms with Crippen molar-refractivity contribution in [1.82, 2.24) is 0 Å². The average Bonchev–Trinajstić information content (AvgIpc) is 2.28. The van der Waals surface area contributed by atoms with Gasteiger partial charge in [-0.15, -0.1) is 0 Å². The monoisotopic (exact) mass is 222 g/mol. The molecule has 0 aliphatic heterocycles. The third-order valence-corrected chi connectivity index (χ3v) is 2.16. The molecule has 0 spiro atoms. The standard InChI is InChI=1S/C13H18O3/c1-2-3-9-16-13-10-12(15)7-6-11(13)5-4-8-14/h4-7,10,14-15H,2-3,8-9H2,1H3/b5-4+. The van der Waals surface area contributed by atoms with E-state index in [1.165, 1.54) is 0 Å². The predicted molar refractivity (Wildman–Crippen MR) is 64.6 cm³/mol. The highest BCUT2D eigenvalue weighted by Crippen LogP contribution is 2.25. The van der Waals surface area contributed by atoms with Crippen LogP contribution in [-0.4, -0.2) is 23.4 Å². The van der Waals surface area contributed by atoms with Crippen molar-refractivity contribution in [3.63, 3.8) is 0 Å². The molecule has 1 rings (SSSR count). The molecular formula is C13H18O3. The minimum absolute atomic E-state index is 0.00469. The van der Waals surface area contributed by atoms with E-state index in [9.17, 15) is 5.11 Å². The molecule has 0 aromatic heterocycles. The summed E-state index contributed by atoms with van der Waals surface area (Å²) >= 11 is 0. The van der Waals surface area contributed by atoms with Gasteiger partial charge >= 0.3 is 0 Å². The van der Waals surface area contributed by atoms with Gasteiger partial charge in [-0.2, -0.15) is 0 Å². The van der Waals surface area contributed by atoms with Crippen LogP contribution in [0.2, 0.25) is 0 Å². The number of rotatable bonds is 6. The fourth-order valence-corrected chi connectivity index (χ4v) is 1.29.